The fourth-order valence-electron chi connectivity index (χ4n) is 3.20. The van der Waals surface area contributed by atoms with Crippen LogP contribution in [0.25, 0.3) is 21.8 Å². The summed E-state index contributed by atoms with van der Waals surface area (Å²) in [4.78, 5) is 29.3. The molecule has 6 nitrogen and oxygen atoms in total. The van der Waals surface area contributed by atoms with Crippen molar-refractivity contribution in [3.63, 3.8) is 0 Å². The molecule has 4 aromatic rings. The number of amides is 1. The number of aromatic nitrogens is 3. The number of benzene rings is 2. The van der Waals surface area contributed by atoms with Crippen molar-refractivity contribution in [1.29, 1.82) is 0 Å². The standard InChI is InChI=1S/C24H22N4O2S/c1-16-8-9-17(2)20(12-16)21-10-11-23(30)28(27-21)14-22(29)25-13-19-15-31-24(26-19)18-6-4-3-5-7-18/h3-12,15H,13-14H2,1-2H3,(H,25,29). The van der Waals surface area contributed by atoms with E-state index in [1.165, 1.54) is 22.1 Å². The second-order valence-corrected chi connectivity index (χ2v) is 8.18. The minimum Gasteiger partial charge on any atom is -0.349 e. The summed E-state index contributed by atoms with van der Waals surface area (Å²) in [5.41, 5.74) is 5.29. The first-order valence-corrected chi connectivity index (χ1v) is 10.8. The smallest absolute Gasteiger partial charge is 0.267 e. The van der Waals surface area contributed by atoms with Gasteiger partial charge in [-0.05, 0) is 31.5 Å². The fourth-order valence-corrected chi connectivity index (χ4v) is 4.03. The molecule has 0 aliphatic rings. The molecular weight excluding hydrogens is 408 g/mol. The topological polar surface area (TPSA) is 76.9 Å². The number of rotatable bonds is 6. The van der Waals surface area contributed by atoms with Crippen LogP contribution in [0.2, 0.25) is 0 Å². The Kier molecular flexibility index (Phi) is 6.04. The highest BCUT2D eigenvalue weighted by Gasteiger charge is 2.11. The molecule has 0 unspecified atom stereocenters. The Morgan fingerprint density at radius 2 is 1.87 bits per heavy atom. The SMILES string of the molecule is Cc1ccc(C)c(-c2ccc(=O)n(CC(=O)NCc3csc(-c4ccccc4)n3)n2)c1. The van der Waals surface area contributed by atoms with E-state index in [2.05, 4.69) is 15.4 Å². The predicted molar refractivity (Wildman–Crippen MR) is 123 cm³/mol. The third-order valence-electron chi connectivity index (χ3n) is 4.87. The second kappa shape index (κ2) is 9.06. The van der Waals surface area contributed by atoms with Crippen molar-refractivity contribution in [3.05, 3.63) is 93.2 Å². The summed E-state index contributed by atoms with van der Waals surface area (Å²) < 4.78 is 1.20. The zero-order valence-electron chi connectivity index (χ0n) is 17.3. The van der Waals surface area contributed by atoms with Gasteiger partial charge in [0.15, 0.2) is 0 Å². The molecule has 2 aromatic heterocycles. The first kappa shape index (κ1) is 20.7. The van der Waals surface area contributed by atoms with Gasteiger partial charge in [-0.1, -0.05) is 48.0 Å². The highest BCUT2D eigenvalue weighted by molar-refractivity contribution is 7.13. The van der Waals surface area contributed by atoms with Gasteiger partial charge in [0.2, 0.25) is 5.91 Å². The summed E-state index contributed by atoms with van der Waals surface area (Å²) in [5, 5.41) is 10.1. The predicted octanol–water partition coefficient (Wildman–Crippen LogP) is 3.97. The maximum Gasteiger partial charge on any atom is 0.267 e. The highest BCUT2D eigenvalue weighted by Crippen LogP contribution is 2.23. The number of thiazole rings is 1. The Labute approximate surface area is 184 Å². The summed E-state index contributed by atoms with van der Waals surface area (Å²) >= 11 is 1.53. The van der Waals surface area contributed by atoms with Crippen LogP contribution in [0, 0.1) is 13.8 Å². The molecule has 0 saturated carbocycles. The molecule has 0 spiro atoms. The van der Waals surface area contributed by atoms with Gasteiger partial charge in [0.05, 0.1) is 17.9 Å². The molecular formula is C24H22N4O2S. The third kappa shape index (κ3) is 4.95. The average molecular weight is 431 g/mol. The summed E-state index contributed by atoms with van der Waals surface area (Å²) in [5.74, 6) is -0.290. The molecule has 0 aliphatic carbocycles. The number of nitrogens with zero attached hydrogens (tertiary/aromatic N) is 3. The van der Waals surface area contributed by atoms with Gasteiger partial charge in [0, 0.05) is 22.6 Å². The molecule has 0 saturated heterocycles. The summed E-state index contributed by atoms with van der Waals surface area (Å²) in [6.07, 6.45) is 0. The van der Waals surface area contributed by atoms with Crippen molar-refractivity contribution >= 4 is 17.2 Å². The van der Waals surface area contributed by atoms with E-state index in [9.17, 15) is 9.59 Å². The molecule has 0 aliphatic heterocycles. The van der Waals surface area contributed by atoms with Gasteiger partial charge in [-0.15, -0.1) is 11.3 Å². The van der Waals surface area contributed by atoms with E-state index in [4.69, 9.17) is 0 Å². The molecule has 7 heteroatoms. The number of aryl methyl sites for hydroxylation is 2. The summed E-state index contributed by atoms with van der Waals surface area (Å²) in [6, 6.07) is 19.1. The van der Waals surface area contributed by atoms with Crippen LogP contribution in [0.5, 0.6) is 0 Å². The molecule has 0 fully saturated rings. The summed E-state index contributed by atoms with van der Waals surface area (Å²) in [7, 11) is 0. The third-order valence-corrected chi connectivity index (χ3v) is 5.81. The number of carbonyl (C=O) groups is 1. The van der Waals surface area contributed by atoms with Crippen molar-refractivity contribution in [2.75, 3.05) is 0 Å². The quantitative estimate of drug-likeness (QED) is 0.502. The van der Waals surface area contributed by atoms with Crippen LogP contribution < -0.4 is 10.9 Å². The zero-order chi connectivity index (χ0) is 21.8. The van der Waals surface area contributed by atoms with Gasteiger partial charge in [-0.3, -0.25) is 9.59 Å². The van der Waals surface area contributed by atoms with Gasteiger partial charge >= 0.3 is 0 Å². The lowest BCUT2D eigenvalue weighted by atomic mass is 10.0. The normalized spacial score (nSPS) is 10.8. The van der Waals surface area contributed by atoms with Gasteiger partial charge in [0.25, 0.3) is 5.56 Å². The lowest BCUT2D eigenvalue weighted by molar-refractivity contribution is -0.122. The number of nitrogens with one attached hydrogen (secondary N) is 1. The zero-order valence-corrected chi connectivity index (χ0v) is 18.1. The van der Waals surface area contributed by atoms with E-state index in [1.807, 2.05) is 67.8 Å². The van der Waals surface area contributed by atoms with E-state index in [0.717, 1.165) is 33.0 Å². The molecule has 4 rings (SSSR count). The molecule has 156 valence electrons. The Balaban J connectivity index is 1.44. The van der Waals surface area contributed by atoms with Crippen LogP contribution >= 0.6 is 11.3 Å². The van der Waals surface area contributed by atoms with E-state index in [1.54, 1.807) is 6.07 Å². The number of carbonyl (C=O) groups excluding carboxylic acids is 1. The minimum atomic E-state index is -0.316. The second-order valence-electron chi connectivity index (χ2n) is 7.32. The van der Waals surface area contributed by atoms with E-state index in [-0.39, 0.29) is 18.0 Å². The Hall–Kier alpha value is -3.58. The van der Waals surface area contributed by atoms with Crippen molar-refractivity contribution < 1.29 is 4.79 Å². The molecule has 2 heterocycles. The molecule has 0 atom stereocenters. The molecule has 1 amide bonds. The molecule has 31 heavy (non-hydrogen) atoms. The lowest BCUT2D eigenvalue weighted by Gasteiger charge is -2.10. The molecule has 2 aromatic carbocycles. The van der Waals surface area contributed by atoms with Crippen LogP contribution in [0.1, 0.15) is 16.8 Å². The van der Waals surface area contributed by atoms with Crippen molar-refractivity contribution in [2.45, 2.75) is 26.9 Å². The first-order chi connectivity index (χ1) is 15.0. The fraction of sp³-hybridized carbons (Fsp3) is 0.167. The minimum absolute atomic E-state index is 0.146. The van der Waals surface area contributed by atoms with Crippen molar-refractivity contribution in [2.24, 2.45) is 0 Å². The van der Waals surface area contributed by atoms with Gasteiger partial charge in [0.1, 0.15) is 11.6 Å². The number of hydrogen-bond acceptors (Lipinski definition) is 5. The lowest BCUT2D eigenvalue weighted by Crippen LogP contribution is -2.33. The molecule has 0 bridgehead atoms. The van der Waals surface area contributed by atoms with Crippen molar-refractivity contribution in [1.82, 2.24) is 20.1 Å². The van der Waals surface area contributed by atoms with E-state index in [0.29, 0.717) is 12.2 Å². The van der Waals surface area contributed by atoms with Crippen LogP contribution in [0.4, 0.5) is 0 Å². The number of hydrogen-bond donors (Lipinski definition) is 1. The average Bonchev–Trinajstić information content (AvgIpc) is 3.25. The molecule has 1 N–H and O–H groups in total. The first-order valence-electron chi connectivity index (χ1n) is 9.92. The van der Waals surface area contributed by atoms with Gasteiger partial charge in [-0.25, -0.2) is 9.67 Å². The van der Waals surface area contributed by atoms with Gasteiger partial charge < -0.3 is 5.32 Å². The van der Waals surface area contributed by atoms with Crippen LogP contribution in [-0.4, -0.2) is 20.7 Å². The van der Waals surface area contributed by atoms with Crippen LogP contribution in [-0.2, 0) is 17.9 Å². The largest absolute Gasteiger partial charge is 0.349 e. The summed E-state index contributed by atoms with van der Waals surface area (Å²) in [6.45, 7) is 4.16. The van der Waals surface area contributed by atoms with Gasteiger partial charge in [-0.2, -0.15) is 5.10 Å². The van der Waals surface area contributed by atoms with Crippen LogP contribution in [0.3, 0.4) is 0 Å². The Morgan fingerprint density at radius 3 is 2.68 bits per heavy atom. The Bertz CT molecular complexity index is 1280. The monoisotopic (exact) mass is 430 g/mol. The van der Waals surface area contributed by atoms with Crippen molar-refractivity contribution in [3.8, 4) is 21.8 Å². The molecule has 0 radical (unpaired) electrons. The van der Waals surface area contributed by atoms with Crippen LogP contribution in [0.15, 0.2) is 70.8 Å². The van der Waals surface area contributed by atoms with E-state index >= 15 is 0 Å². The maximum absolute atomic E-state index is 12.4. The van der Waals surface area contributed by atoms with E-state index < -0.39 is 0 Å². The maximum atomic E-state index is 12.4. The Morgan fingerprint density at radius 1 is 1.06 bits per heavy atom. The highest BCUT2D eigenvalue weighted by atomic mass is 32.1.